The van der Waals surface area contributed by atoms with E-state index in [2.05, 4.69) is 26.0 Å². The second kappa shape index (κ2) is 9.59. The molecule has 0 amide bonds. The van der Waals surface area contributed by atoms with Crippen LogP contribution in [0.1, 0.15) is 11.3 Å². The van der Waals surface area contributed by atoms with E-state index in [0.717, 1.165) is 37.0 Å². The summed E-state index contributed by atoms with van der Waals surface area (Å²) in [5.74, 6) is 0.299. The molecule has 0 spiro atoms. The van der Waals surface area contributed by atoms with Gasteiger partial charge >= 0.3 is 0 Å². The van der Waals surface area contributed by atoms with Gasteiger partial charge in [-0.2, -0.15) is 15.1 Å². The molecule has 35 heavy (non-hydrogen) atoms. The first kappa shape index (κ1) is 23.2. The van der Waals surface area contributed by atoms with E-state index >= 15 is 0 Å². The Kier molecular flexibility index (Phi) is 6.35. The molecular formula is C24H28F2N8O. The lowest BCUT2D eigenvalue weighted by Crippen LogP contribution is -2.51. The van der Waals surface area contributed by atoms with Crippen LogP contribution in [0, 0.1) is 18.6 Å². The smallest absolute Gasteiger partial charge is 0.254 e. The van der Waals surface area contributed by atoms with E-state index in [1.54, 1.807) is 16.9 Å². The van der Waals surface area contributed by atoms with Gasteiger partial charge in [0.25, 0.3) is 5.95 Å². The molecule has 9 nitrogen and oxygen atoms in total. The Hall–Kier alpha value is -3.57. The molecule has 0 aliphatic carbocycles. The van der Waals surface area contributed by atoms with Gasteiger partial charge in [-0.25, -0.2) is 13.5 Å². The molecule has 5 rings (SSSR count). The Morgan fingerprint density at radius 2 is 1.74 bits per heavy atom. The third-order valence-corrected chi connectivity index (χ3v) is 6.39. The summed E-state index contributed by atoms with van der Waals surface area (Å²) in [5, 5.41) is 14.0. The molecule has 0 radical (unpaired) electrons. The zero-order chi connectivity index (χ0) is 24.5. The summed E-state index contributed by atoms with van der Waals surface area (Å²) in [6.07, 6.45) is 5.53. The van der Waals surface area contributed by atoms with Crippen LogP contribution >= 0.6 is 0 Å². The van der Waals surface area contributed by atoms with E-state index in [9.17, 15) is 13.9 Å². The lowest BCUT2D eigenvalue weighted by molar-refractivity contribution is 0.141. The van der Waals surface area contributed by atoms with Crippen molar-refractivity contribution in [1.29, 1.82) is 0 Å². The predicted octanol–water partition coefficient (Wildman–Crippen LogP) is 1.85. The molecule has 184 valence electrons. The number of anilines is 3. The fourth-order valence-corrected chi connectivity index (χ4v) is 4.37. The molecule has 2 aliphatic heterocycles. The molecular weight excluding hydrogens is 454 g/mol. The van der Waals surface area contributed by atoms with E-state index < -0.39 is 11.6 Å². The first-order chi connectivity index (χ1) is 16.9. The fourth-order valence-electron chi connectivity index (χ4n) is 4.37. The quantitative estimate of drug-likeness (QED) is 0.549. The van der Waals surface area contributed by atoms with E-state index in [0.29, 0.717) is 49.5 Å². The van der Waals surface area contributed by atoms with Crippen LogP contribution in [0.3, 0.4) is 0 Å². The van der Waals surface area contributed by atoms with E-state index in [-0.39, 0.29) is 6.10 Å². The molecule has 0 unspecified atom stereocenters. The van der Waals surface area contributed by atoms with Crippen molar-refractivity contribution in [2.24, 2.45) is 0 Å². The standard InChI is InChI=1S/C24H28F2N8O/c1-16-17(13-28-34(16)24-29-22(27)12-23(30-24)33-14-21(35)15-33)3-2-4-31-5-7-32(8-6-31)20-10-18(25)9-19(26)11-20/h2-3,9-13,21,35H,4-8,14-15H2,1H3,(H2,27,29,30)/b3-2+. The minimum Gasteiger partial charge on any atom is -0.389 e. The molecule has 0 saturated carbocycles. The molecule has 2 aliphatic rings. The number of aromatic nitrogens is 4. The van der Waals surface area contributed by atoms with Crippen LogP contribution in [0.5, 0.6) is 0 Å². The van der Waals surface area contributed by atoms with Gasteiger partial charge in [-0.15, -0.1) is 0 Å². The van der Waals surface area contributed by atoms with Crippen LogP contribution in [-0.4, -0.2) is 81.7 Å². The SMILES string of the molecule is Cc1c(/C=C/CN2CCN(c3cc(F)cc(F)c3)CC2)cnn1-c1nc(N)cc(N2CC(O)C2)n1. The van der Waals surface area contributed by atoms with Gasteiger partial charge in [0, 0.05) is 69.2 Å². The average Bonchev–Trinajstić information content (AvgIpc) is 3.16. The van der Waals surface area contributed by atoms with Gasteiger partial charge in [-0.1, -0.05) is 12.2 Å². The number of nitrogen functional groups attached to an aromatic ring is 1. The molecule has 0 atom stereocenters. The summed E-state index contributed by atoms with van der Waals surface area (Å²) < 4.78 is 28.7. The highest BCUT2D eigenvalue weighted by molar-refractivity contribution is 5.54. The molecule has 0 bridgehead atoms. The first-order valence-electron chi connectivity index (χ1n) is 11.6. The Morgan fingerprint density at radius 1 is 1.03 bits per heavy atom. The fraction of sp³-hybridized carbons (Fsp3) is 0.375. The van der Waals surface area contributed by atoms with Crippen LogP contribution in [0.15, 0.2) is 36.5 Å². The summed E-state index contributed by atoms with van der Waals surface area (Å²) in [7, 11) is 0. The topological polar surface area (TPSA) is 99.6 Å². The van der Waals surface area contributed by atoms with Gasteiger partial charge < -0.3 is 20.6 Å². The molecule has 2 aromatic heterocycles. The maximum atomic E-state index is 13.5. The summed E-state index contributed by atoms with van der Waals surface area (Å²) in [5.41, 5.74) is 8.41. The molecule has 3 N–H and O–H groups in total. The van der Waals surface area contributed by atoms with Crippen LogP contribution in [0.4, 0.5) is 26.1 Å². The second-order valence-corrected chi connectivity index (χ2v) is 8.92. The third kappa shape index (κ3) is 5.10. The maximum absolute atomic E-state index is 13.5. The maximum Gasteiger partial charge on any atom is 0.254 e. The normalized spacial score (nSPS) is 17.4. The Morgan fingerprint density at radius 3 is 2.43 bits per heavy atom. The van der Waals surface area contributed by atoms with E-state index in [4.69, 9.17) is 5.73 Å². The van der Waals surface area contributed by atoms with Gasteiger partial charge in [0.05, 0.1) is 18.0 Å². The van der Waals surface area contributed by atoms with Crippen LogP contribution in [0.2, 0.25) is 0 Å². The van der Waals surface area contributed by atoms with Crippen molar-refractivity contribution in [1.82, 2.24) is 24.6 Å². The van der Waals surface area contributed by atoms with Crippen molar-refractivity contribution in [3.05, 3.63) is 59.4 Å². The number of β-amino-alcohol motifs (C(OH)–C–C–N with tert-alkyl or cyclic N) is 1. The van der Waals surface area contributed by atoms with Crippen LogP contribution < -0.4 is 15.5 Å². The molecule has 2 fully saturated rings. The molecule has 11 heteroatoms. The number of hydrogen-bond donors (Lipinski definition) is 2. The van der Waals surface area contributed by atoms with E-state index in [1.807, 2.05) is 22.8 Å². The van der Waals surface area contributed by atoms with Gasteiger partial charge in [0.2, 0.25) is 0 Å². The highest BCUT2D eigenvalue weighted by atomic mass is 19.1. The monoisotopic (exact) mass is 482 g/mol. The number of piperazine rings is 1. The van der Waals surface area contributed by atoms with Crippen molar-refractivity contribution < 1.29 is 13.9 Å². The summed E-state index contributed by atoms with van der Waals surface area (Å²) in [6.45, 7) is 6.76. The number of nitrogens with two attached hydrogens (primary N) is 1. The van der Waals surface area contributed by atoms with Crippen molar-refractivity contribution >= 4 is 23.4 Å². The van der Waals surface area contributed by atoms with Crippen molar-refractivity contribution in [2.45, 2.75) is 13.0 Å². The Labute approximate surface area is 202 Å². The minimum atomic E-state index is -0.555. The highest BCUT2D eigenvalue weighted by Crippen LogP contribution is 2.23. The summed E-state index contributed by atoms with van der Waals surface area (Å²) in [4.78, 5) is 15.1. The zero-order valence-electron chi connectivity index (χ0n) is 19.5. The molecule has 4 heterocycles. The van der Waals surface area contributed by atoms with Gasteiger partial charge in [0.1, 0.15) is 23.3 Å². The summed E-state index contributed by atoms with van der Waals surface area (Å²) >= 11 is 0. The second-order valence-electron chi connectivity index (χ2n) is 8.92. The number of rotatable bonds is 6. The first-order valence-corrected chi connectivity index (χ1v) is 11.6. The Bertz CT molecular complexity index is 1210. The van der Waals surface area contributed by atoms with Crippen molar-refractivity contribution in [2.75, 3.05) is 61.3 Å². The lowest BCUT2D eigenvalue weighted by Gasteiger charge is -2.36. The zero-order valence-corrected chi connectivity index (χ0v) is 19.5. The molecule has 2 saturated heterocycles. The van der Waals surface area contributed by atoms with Crippen LogP contribution in [-0.2, 0) is 0 Å². The minimum absolute atomic E-state index is 0.342. The number of halogens is 2. The van der Waals surface area contributed by atoms with Crippen LogP contribution in [0.25, 0.3) is 12.0 Å². The van der Waals surface area contributed by atoms with Gasteiger partial charge in [0.15, 0.2) is 0 Å². The Balaban J connectivity index is 1.20. The summed E-state index contributed by atoms with van der Waals surface area (Å²) in [6, 6.07) is 5.33. The van der Waals surface area contributed by atoms with Gasteiger partial charge in [-0.3, -0.25) is 4.90 Å². The number of hydrogen-bond acceptors (Lipinski definition) is 8. The molecule has 3 aromatic rings. The van der Waals surface area contributed by atoms with Crippen molar-refractivity contribution in [3.63, 3.8) is 0 Å². The lowest BCUT2D eigenvalue weighted by atomic mass is 10.2. The highest BCUT2D eigenvalue weighted by Gasteiger charge is 2.26. The van der Waals surface area contributed by atoms with Gasteiger partial charge in [-0.05, 0) is 19.1 Å². The average molecular weight is 483 g/mol. The third-order valence-electron chi connectivity index (χ3n) is 6.39. The van der Waals surface area contributed by atoms with E-state index in [1.165, 1.54) is 12.1 Å². The number of aliphatic hydroxyl groups is 1. The predicted molar refractivity (Wildman–Crippen MR) is 131 cm³/mol. The van der Waals surface area contributed by atoms with Crippen molar-refractivity contribution in [3.8, 4) is 5.95 Å². The molecule has 1 aromatic carbocycles. The largest absolute Gasteiger partial charge is 0.389 e. The number of nitrogens with zero attached hydrogens (tertiary/aromatic N) is 7. The number of aliphatic hydroxyl groups excluding tert-OH is 1. The number of benzene rings is 1.